The van der Waals surface area contributed by atoms with Crippen LogP contribution in [0.1, 0.15) is 34.3 Å². The number of halogens is 2. The first-order chi connectivity index (χ1) is 11.9. The van der Waals surface area contributed by atoms with Gasteiger partial charge in [0.15, 0.2) is 11.6 Å². The topological polar surface area (TPSA) is 83.8 Å². The first-order valence-corrected chi connectivity index (χ1v) is 7.51. The molecule has 0 aliphatic carbocycles. The molecule has 0 aromatic heterocycles. The highest BCUT2D eigenvalue weighted by Crippen LogP contribution is 2.21. The van der Waals surface area contributed by atoms with Gasteiger partial charge < -0.3 is 14.9 Å². The molecule has 0 unspecified atom stereocenters. The predicted octanol–water partition coefficient (Wildman–Crippen LogP) is 3.65. The van der Waals surface area contributed by atoms with E-state index in [-0.39, 0.29) is 24.3 Å². The summed E-state index contributed by atoms with van der Waals surface area (Å²) in [7, 11) is 0. The molecule has 0 fully saturated rings. The number of ether oxygens (including phenoxy) is 1. The van der Waals surface area contributed by atoms with Crippen LogP contribution in [0, 0.1) is 11.6 Å². The highest BCUT2D eigenvalue weighted by atomic mass is 19.1. The number of aryl methyl sites for hydroxylation is 1. The molecule has 0 radical (unpaired) electrons. The van der Waals surface area contributed by atoms with Crippen LogP contribution in [0.3, 0.4) is 0 Å². The summed E-state index contributed by atoms with van der Waals surface area (Å²) in [4.78, 5) is 21.9. The maximum absolute atomic E-state index is 13.5. The van der Waals surface area contributed by atoms with Crippen LogP contribution < -0.4 is 4.74 Å². The molecule has 2 aromatic rings. The van der Waals surface area contributed by atoms with Crippen LogP contribution in [0.15, 0.2) is 36.4 Å². The third-order valence-electron chi connectivity index (χ3n) is 3.53. The molecule has 0 atom stereocenters. The highest BCUT2D eigenvalue weighted by Gasteiger charge is 2.13. The van der Waals surface area contributed by atoms with Crippen molar-refractivity contribution in [3.63, 3.8) is 0 Å². The normalized spacial score (nSPS) is 10.5. The average molecular weight is 350 g/mol. The molecule has 0 saturated heterocycles. The monoisotopic (exact) mass is 350 g/mol. The molecular formula is C18H16F2O5. The molecular weight excluding hydrogens is 334 g/mol. The lowest BCUT2D eigenvalue weighted by molar-refractivity contribution is -0.137. The Morgan fingerprint density at radius 3 is 2.48 bits per heavy atom. The van der Waals surface area contributed by atoms with Gasteiger partial charge >= 0.3 is 11.9 Å². The molecule has 2 aromatic carbocycles. The lowest BCUT2D eigenvalue weighted by Crippen LogP contribution is -2.06. The zero-order valence-electron chi connectivity index (χ0n) is 13.2. The highest BCUT2D eigenvalue weighted by molar-refractivity contribution is 5.89. The molecule has 0 amide bonds. The van der Waals surface area contributed by atoms with E-state index in [9.17, 15) is 23.5 Å². The summed E-state index contributed by atoms with van der Waals surface area (Å²) in [5, 5.41) is 17.9. The van der Waals surface area contributed by atoms with Crippen molar-refractivity contribution in [1.29, 1.82) is 0 Å². The minimum Gasteiger partial charge on any atom is -0.486 e. The molecule has 5 nitrogen and oxygen atoms in total. The number of carboxylic acids is 2. The largest absolute Gasteiger partial charge is 0.486 e. The average Bonchev–Trinajstić information content (AvgIpc) is 2.56. The summed E-state index contributed by atoms with van der Waals surface area (Å²) in [5.74, 6) is -3.72. The standard InChI is InChI=1S/C18H16F2O5/c19-13-6-7-15(20)16(9-13)25-10-11-4-5-12(2-1-3-17(21)22)14(8-11)18(23)24/h4-9H,1-3,10H2,(H,21,22)(H,23,24). The van der Waals surface area contributed by atoms with Crippen molar-refractivity contribution in [3.8, 4) is 5.75 Å². The van der Waals surface area contributed by atoms with E-state index in [1.165, 1.54) is 6.07 Å². The predicted molar refractivity (Wildman–Crippen MR) is 84.7 cm³/mol. The minimum absolute atomic E-state index is 0.0335. The van der Waals surface area contributed by atoms with E-state index in [4.69, 9.17) is 9.84 Å². The fourth-order valence-corrected chi connectivity index (χ4v) is 2.31. The van der Waals surface area contributed by atoms with Crippen LogP contribution in [0.25, 0.3) is 0 Å². The summed E-state index contributed by atoms with van der Waals surface area (Å²) in [6.07, 6.45) is 0.580. The SMILES string of the molecule is O=C(O)CCCc1ccc(COc2cc(F)ccc2F)cc1C(=O)O. The second kappa shape index (κ2) is 8.23. The minimum atomic E-state index is -1.15. The molecule has 0 saturated carbocycles. The van der Waals surface area contributed by atoms with Gasteiger partial charge in [-0.25, -0.2) is 13.6 Å². The Morgan fingerprint density at radius 1 is 1.04 bits per heavy atom. The maximum atomic E-state index is 13.5. The number of aromatic carboxylic acids is 1. The third kappa shape index (κ3) is 5.27. The fraction of sp³-hybridized carbons (Fsp3) is 0.222. The Bertz CT molecular complexity index is 789. The van der Waals surface area contributed by atoms with Crippen LogP contribution in [-0.4, -0.2) is 22.2 Å². The number of aliphatic carboxylic acids is 1. The Balaban J connectivity index is 2.11. The first-order valence-electron chi connectivity index (χ1n) is 7.51. The van der Waals surface area contributed by atoms with Crippen molar-refractivity contribution in [2.24, 2.45) is 0 Å². The van der Waals surface area contributed by atoms with E-state index in [2.05, 4.69) is 0 Å². The fourth-order valence-electron chi connectivity index (χ4n) is 2.31. The number of carbonyl (C=O) groups is 2. The van der Waals surface area contributed by atoms with Crippen molar-refractivity contribution in [2.75, 3.05) is 0 Å². The van der Waals surface area contributed by atoms with Gasteiger partial charge in [-0.15, -0.1) is 0 Å². The first kappa shape index (κ1) is 18.4. The van der Waals surface area contributed by atoms with Crippen LogP contribution in [-0.2, 0) is 17.8 Å². The van der Waals surface area contributed by atoms with Gasteiger partial charge in [-0.05, 0) is 42.2 Å². The summed E-state index contributed by atoms with van der Waals surface area (Å²) < 4.78 is 31.8. The van der Waals surface area contributed by atoms with Crippen molar-refractivity contribution >= 4 is 11.9 Å². The molecule has 0 heterocycles. The van der Waals surface area contributed by atoms with Crippen molar-refractivity contribution in [2.45, 2.75) is 25.9 Å². The Morgan fingerprint density at radius 2 is 1.80 bits per heavy atom. The van der Waals surface area contributed by atoms with Crippen LogP contribution in [0.4, 0.5) is 8.78 Å². The Hall–Kier alpha value is -2.96. The Kier molecular flexibility index (Phi) is 6.05. The molecule has 0 aliphatic heterocycles. The quantitative estimate of drug-likeness (QED) is 0.759. The summed E-state index contributed by atoms with van der Waals surface area (Å²) in [6.45, 7) is -0.129. The summed E-state index contributed by atoms with van der Waals surface area (Å²) in [5.41, 5.74) is 1.02. The van der Waals surface area contributed by atoms with Gasteiger partial charge in [0.1, 0.15) is 12.4 Å². The van der Waals surface area contributed by atoms with Crippen molar-refractivity contribution < 1.29 is 33.3 Å². The van der Waals surface area contributed by atoms with Gasteiger partial charge in [-0.2, -0.15) is 0 Å². The molecule has 0 bridgehead atoms. The van der Waals surface area contributed by atoms with Crippen LogP contribution in [0.2, 0.25) is 0 Å². The smallest absolute Gasteiger partial charge is 0.335 e. The zero-order valence-corrected chi connectivity index (χ0v) is 13.2. The lowest BCUT2D eigenvalue weighted by Gasteiger charge is -2.11. The van der Waals surface area contributed by atoms with Crippen molar-refractivity contribution in [3.05, 3.63) is 64.7 Å². The molecule has 7 heteroatoms. The number of hydrogen-bond acceptors (Lipinski definition) is 3. The van der Waals surface area contributed by atoms with Crippen LogP contribution >= 0.6 is 0 Å². The van der Waals surface area contributed by atoms with Gasteiger partial charge in [0.2, 0.25) is 0 Å². The van der Waals surface area contributed by atoms with Gasteiger partial charge in [0.25, 0.3) is 0 Å². The molecule has 0 aliphatic rings. The molecule has 25 heavy (non-hydrogen) atoms. The summed E-state index contributed by atoms with van der Waals surface area (Å²) in [6, 6.07) is 7.39. The summed E-state index contributed by atoms with van der Waals surface area (Å²) >= 11 is 0. The zero-order chi connectivity index (χ0) is 18.4. The molecule has 132 valence electrons. The van der Waals surface area contributed by atoms with E-state index in [1.807, 2.05) is 0 Å². The Labute approximate surface area is 142 Å². The third-order valence-corrected chi connectivity index (χ3v) is 3.53. The number of rotatable bonds is 8. The van der Waals surface area contributed by atoms with Gasteiger partial charge in [0, 0.05) is 12.5 Å². The van der Waals surface area contributed by atoms with E-state index in [0.717, 1.165) is 18.2 Å². The van der Waals surface area contributed by atoms with Gasteiger partial charge in [0.05, 0.1) is 5.56 Å². The van der Waals surface area contributed by atoms with E-state index < -0.39 is 23.6 Å². The maximum Gasteiger partial charge on any atom is 0.335 e. The molecule has 2 rings (SSSR count). The van der Waals surface area contributed by atoms with E-state index >= 15 is 0 Å². The van der Waals surface area contributed by atoms with E-state index in [1.54, 1.807) is 12.1 Å². The molecule has 2 N–H and O–H groups in total. The van der Waals surface area contributed by atoms with Gasteiger partial charge in [-0.1, -0.05) is 12.1 Å². The van der Waals surface area contributed by atoms with E-state index in [0.29, 0.717) is 24.0 Å². The lowest BCUT2D eigenvalue weighted by atomic mass is 9.99. The van der Waals surface area contributed by atoms with Crippen molar-refractivity contribution in [1.82, 2.24) is 0 Å². The second-order valence-electron chi connectivity index (χ2n) is 5.41. The number of carboxylic acid groups (broad SMARTS) is 2. The molecule has 0 spiro atoms. The second-order valence-corrected chi connectivity index (χ2v) is 5.41. The number of hydrogen-bond donors (Lipinski definition) is 2. The number of benzene rings is 2. The van der Waals surface area contributed by atoms with Crippen LogP contribution in [0.5, 0.6) is 5.75 Å². The van der Waals surface area contributed by atoms with Gasteiger partial charge in [-0.3, -0.25) is 4.79 Å².